The molecule has 0 saturated carbocycles. The van der Waals surface area contributed by atoms with Crippen LogP contribution in [0.15, 0.2) is 35.8 Å². The monoisotopic (exact) mass is 262 g/mol. The molecule has 1 aromatic carbocycles. The van der Waals surface area contributed by atoms with Crippen molar-refractivity contribution in [3.05, 3.63) is 42.0 Å². The molecule has 0 heterocycles. The Bertz CT molecular complexity index is 495. The van der Waals surface area contributed by atoms with E-state index in [1.807, 2.05) is 0 Å². The standard InChI is InChI=1S/C14H18N2O3/c1-3-4-8-13(19-15)16-10(2)11-6-5-7-12(9-11)14(17)18/h5-7,9H,2-4,8,15H2,1H3,(H,17,18). The Labute approximate surface area is 112 Å². The first-order valence-corrected chi connectivity index (χ1v) is 6.05. The van der Waals surface area contributed by atoms with E-state index >= 15 is 0 Å². The highest BCUT2D eigenvalue weighted by atomic mass is 16.6. The van der Waals surface area contributed by atoms with E-state index in [1.165, 1.54) is 12.1 Å². The molecule has 0 aliphatic carbocycles. The average molecular weight is 262 g/mol. The van der Waals surface area contributed by atoms with Gasteiger partial charge in [-0.05, 0) is 18.6 Å². The number of benzene rings is 1. The Hall–Kier alpha value is -2.14. The maximum absolute atomic E-state index is 10.9. The van der Waals surface area contributed by atoms with Crippen molar-refractivity contribution in [1.29, 1.82) is 0 Å². The van der Waals surface area contributed by atoms with Crippen LogP contribution in [-0.4, -0.2) is 17.0 Å². The summed E-state index contributed by atoms with van der Waals surface area (Å²) in [5.74, 6) is 4.56. The molecule has 0 saturated heterocycles. The third-order valence-electron chi connectivity index (χ3n) is 2.58. The second-order valence-corrected chi connectivity index (χ2v) is 4.06. The second-order valence-electron chi connectivity index (χ2n) is 4.06. The van der Waals surface area contributed by atoms with E-state index in [0.717, 1.165) is 12.8 Å². The van der Waals surface area contributed by atoms with Crippen LogP contribution in [0.2, 0.25) is 0 Å². The molecule has 0 aliphatic rings. The first kappa shape index (κ1) is 14.9. The Kier molecular flexibility index (Phi) is 5.75. The predicted molar refractivity (Wildman–Crippen MR) is 74.7 cm³/mol. The van der Waals surface area contributed by atoms with Crippen molar-refractivity contribution in [2.24, 2.45) is 10.9 Å². The zero-order chi connectivity index (χ0) is 14.3. The number of nitrogens with zero attached hydrogens (tertiary/aromatic N) is 1. The van der Waals surface area contributed by atoms with Gasteiger partial charge in [0.2, 0.25) is 5.90 Å². The summed E-state index contributed by atoms with van der Waals surface area (Å²) >= 11 is 0. The normalized spacial score (nSPS) is 11.2. The number of carboxylic acid groups (broad SMARTS) is 1. The molecular formula is C14H18N2O3. The van der Waals surface area contributed by atoms with Crippen LogP contribution < -0.4 is 5.90 Å². The molecule has 0 atom stereocenters. The van der Waals surface area contributed by atoms with E-state index in [0.29, 0.717) is 23.6 Å². The summed E-state index contributed by atoms with van der Waals surface area (Å²) in [5.41, 5.74) is 1.25. The van der Waals surface area contributed by atoms with E-state index < -0.39 is 5.97 Å². The van der Waals surface area contributed by atoms with Gasteiger partial charge in [0.05, 0.1) is 11.3 Å². The summed E-state index contributed by atoms with van der Waals surface area (Å²) in [6, 6.07) is 6.42. The van der Waals surface area contributed by atoms with Crippen LogP contribution in [0.5, 0.6) is 0 Å². The van der Waals surface area contributed by atoms with Crippen molar-refractivity contribution in [1.82, 2.24) is 0 Å². The number of hydrogen-bond donors (Lipinski definition) is 2. The van der Waals surface area contributed by atoms with Gasteiger partial charge in [0.15, 0.2) is 0 Å². The van der Waals surface area contributed by atoms with Gasteiger partial charge >= 0.3 is 5.97 Å². The highest BCUT2D eigenvalue weighted by Crippen LogP contribution is 2.16. The first-order valence-electron chi connectivity index (χ1n) is 6.05. The zero-order valence-electron chi connectivity index (χ0n) is 10.9. The lowest BCUT2D eigenvalue weighted by atomic mass is 10.1. The Balaban J connectivity index is 2.90. The van der Waals surface area contributed by atoms with Gasteiger partial charge in [-0.3, -0.25) is 0 Å². The molecule has 0 aliphatic heterocycles. The van der Waals surface area contributed by atoms with Crippen LogP contribution in [0, 0.1) is 0 Å². The lowest BCUT2D eigenvalue weighted by Crippen LogP contribution is -2.10. The summed E-state index contributed by atoms with van der Waals surface area (Å²) in [4.78, 5) is 19.8. The van der Waals surface area contributed by atoms with E-state index in [2.05, 4.69) is 18.5 Å². The van der Waals surface area contributed by atoms with Crippen molar-refractivity contribution >= 4 is 17.6 Å². The van der Waals surface area contributed by atoms with E-state index in [4.69, 9.17) is 15.8 Å². The molecule has 0 fully saturated rings. The third-order valence-corrected chi connectivity index (χ3v) is 2.58. The summed E-state index contributed by atoms with van der Waals surface area (Å²) in [5, 5.41) is 8.93. The molecule has 19 heavy (non-hydrogen) atoms. The molecule has 0 unspecified atom stereocenters. The fourth-order valence-electron chi connectivity index (χ4n) is 1.52. The second kappa shape index (κ2) is 7.33. The Morgan fingerprint density at radius 2 is 2.16 bits per heavy atom. The molecule has 102 valence electrons. The van der Waals surface area contributed by atoms with Gasteiger partial charge in [-0.2, -0.15) is 5.90 Å². The molecule has 0 spiro atoms. The van der Waals surface area contributed by atoms with Crippen LogP contribution in [0.25, 0.3) is 5.70 Å². The predicted octanol–water partition coefficient (Wildman–Crippen LogP) is 2.83. The van der Waals surface area contributed by atoms with Crippen molar-refractivity contribution in [3.63, 3.8) is 0 Å². The third kappa shape index (κ3) is 4.56. The van der Waals surface area contributed by atoms with Crippen LogP contribution in [0.1, 0.15) is 42.1 Å². The van der Waals surface area contributed by atoms with Crippen molar-refractivity contribution in [3.8, 4) is 0 Å². The molecular weight excluding hydrogens is 244 g/mol. The number of unbranched alkanes of at least 4 members (excludes halogenated alkanes) is 1. The number of aliphatic imine (C=N–C) groups is 1. The Morgan fingerprint density at radius 3 is 2.74 bits per heavy atom. The lowest BCUT2D eigenvalue weighted by Gasteiger charge is -2.06. The van der Waals surface area contributed by atoms with E-state index in [9.17, 15) is 4.79 Å². The highest BCUT2D eigenvalue weighted by molar-refractivity contribution is 5.89. The smallest absolute Gasteiger partial charge is 0.335 e. The summed E-state index contributed by atoms with van der Waals surface area (Å²) in [7, 11) is 0. The van der Waals surface area contributed by atoms with E-state index in [-0.39, 0.29) is 5.56 Å². The van der Waals surface area contributed by atoms with E-state index in [1.54, 1.807) is 12.1 Å². The molecule has 3 N–H and O–H groups in total. The maximum Gasteiger partial charge on any atom is 0.335 e. The topological polar surface area (TPSA) is 84.9 Å². The minimum atomic E-state index is -0.986. The van der Waals surface area contributed by atoms with Gasteiger partial charge < -0.3 is 9.94 Å². The average Bonchev–Trinajstić information content (AvgIpc) is 2.43. The van der Waals surface area contributed by atoms with Gasteiger partial charge in [-0.15, -0.1) is 0 Å². The number of aromatic carboxylic acids is 1. The first-order chi connectivity index (χ1) is 9.08. The molecule has 0 radical (unpaired) electrons. The summed E-state index contributed by atoms with van der Waals surface area (Å²) < 4.78 is 0. The highest BCUT2D eigenvalue weighted by Gasteiger charge is 2.06. The minimum Gasteiger partial charge on any atom is -0.478 e. The van der Waals surface area contributed by atoms with Gasteiger partial charge in [0, 0.05) is 12.0 Å². The molecule has 5 heteroatoms. The van der Waals surface area contributed by atoms with Crippen molar-refractivity contribution < 1.29 is 14.7 Å². The fraction of sp³-hybridized carbons (Fsp3) is 0.286. The summed E-state index contributed by atoms with van der Waals surface area (Å²) in [6.45, 7) is 5.86. The number of rotatable bonds is 6. The molecule has 1 aromatic rings. The van der Waals surface area contributed by atoms with Crippen LogP contribution >= 0.6 is 0 Å². The lowest BCUT2D eigenvalue weighted by molar-refractivity contribution is 0.0697. The van der Waals surface area contributed by atoms with Gasteiger partial charge in [0.1, 0.15) is 0 Å². The van der Waals surface area contributed by atoms with Gasteiger partial charge in [-0.1, -0.05) is 32.1 Å². The fourth-order valence-corrected chi connectivity index (χ4v) is 1.52. The van der Waals surface area contributed by atoms with Crippen LogP contribution in [-0.2, 0) is 4.84 Å². The number of nitrogens with two attached hydrogens (primary N) is 1. The molecule has 1 rings (SSSR count). The minimum absolute atomic E-state index is 0.192. The number of hydrogen-bond acceptors (Lipinski definition) is 4. The zero-order valence-corrected chi connectivity index (χ0v) is 10.9. The molecule has 0 amide bonds. The SMILES string of the molecule is C=C(N=C(CCCC)ON)c1cccc(C(=O)O)c1. The summed E-state index contributed by atoms with van der Waals surface area (Å²) in [6.07, 6.45) is 2.55. The quantitative estimate of drug-likeness (QED) is 0.469. The van der Waals surface area contributed by atoms with Crippen molar-refractivity contribution in [2.45, 2.75) is 26.2 Å². The molecule has 0 bridgehead atoms. The van der Waals surface area contributed by atoms with Crippen LogP contribution in [0.3, 0.4) is 0 Å². The number of carbonyl (C=O) groups is 1. The number of carboxylic acids is 1. The maximum atomic E-state index is 10.9. The Morgan fingerprint density at radius 1 is 1.47 bits per heavy atom. The van der Waals surface area contributed by atoms with Crippen LogP contribution in [0.4, 0.5) is 0 Å². The molecule has 0 aromatic heterocycles. The van der Waals surface area contributed by atoms with Gasteiger partial charge in [0.25, 0.3) is 0 Å². The molecule has 5 nitrogen and oxygen atoms in total. The largest absolute Gasteiger partial charge is 0.478 e. The van der Waals surface area contributed by atoms with Crippen molar-refractivity contribution in [2.75, 3.05) is 0 Å². The van der Waals surface area contributed by atoms with Gasteiger partial charge in [-0.25, -0.2) is 9.79 Å².